The maximum absolute atomic E-state index is 9.19. The van der Waals surface area contributed by atoms with Gasteiger partial charge >= 0.3 is 0 Å². The Labute approximate surface area is 111 Å². The van der Waals surface area contributed by atoms with E-state index >= 15 is 0 Å². The topological polar surface area (TPSA) is 32.3 Å². The van der Waals surface area contributed by atoms with Gasteiger partial charge in [-0.25, -0.2) is 0 Å². The molecule has 0 amide bonds. The van der Waals surface area contributed by atoms with Crippen molar-refractivity contribution in [3.8, 4) is 0 Å². The molecule has 0 bridgehead atoms. The molecule has 0 saturated carbocycles. The van der Waals surface area contributed by atoms with Gasteiger partial charge in [0.15, 0.2) is 0 Å². The van der Waals surface area contributed by atoms with Crippen LogP contribution in [0.1, 0.15) is 44.4 Å². The van der Waals surface area contributed by atoms with Crippen LogP contribution in [0.3, 0.4) is 0 Å². The van der Waals surface area contributed by atoms with Crippen LogP contribution in [0.25, 0.3) is 0 Å². The summed E-state index contributed by atoms with van der Waals surface area (Å²) in [5.74, 6) is 0. The molecule has 0 aliphatic rings. The summed E-state index contributed by atoms with van der Waals surface area (Å²) in [7, 11) is 0. The Kier molecular flexibility index (Phi) is 5.36. The SMILES string of the molecule is Cc1ccc(C(C)(C)C)cc1CCNCC(C)O. The zero-order chi connectivity index (χ0) is 13.8. The smallest absolute Gasteiger partial charge is 0.0636 e. The molecule has 2 nitrogen and oxygen atoms in total. The highest BCUT2D eigenvalue weighted by Crippen LogP contribution is 2.24. The molecule has 2 heteroatoms. The monoisotopic (exact) mass is 249 g/mol. The third kappa shape index (κ3) is 4.79. The lowest BCUT2D eigenvalue weighted by Crippen LogP contribution is -2.26. The maximum Gasteiger partial charge on any atom is 0.0636 e. The largest absolute Gasteiger partial charge is 0.392 e. The Balaban J connectivity index is 2.64. The third-order valence-corrected chi connectivity index (χ3v) is 3.23. The summed E-state index contributed by atoms with van der Waals surface area (Å²) in [5.41, 5.74) is 4.34. The highest BCUT2D eigenvalue weighted by atomic mass is 16.3. The van der Waals surface area contributed by atoms with Gasteiger partial charge in [-0.3, -0.25) is 0 Å². The Morgan fingerprint density at radius 3 is 2.50 bits per heavy atom. The highest BCUT2D eigenvalue weighted by Gasteiger charge is 2.14. The molecule has 1 rings (SSSR count). The van der Waals surface area contributed by atoms with Crippen LogP contribution in [0, 0.1) is 6.92 Å². The van der Waals surface area contributed by atoms with Crippen molar-refractivity contribution in [2.45, 2.75) is 52.6 Å². The summed E-state index contributed by atoms with van der Waals surface area (Å²) in [6, 6.07) is 6.76. The summed E-state index contributed by atoms with van der Waals surface area (Å²) in [4.78, 5) is 0. The summed E-state index contributed by atoms with van der Waals surface area (Å²) >= 11 is 0. The first-order chi connectivity index (χ1) is 8.30. The van der Waals surface area contributed by atoms with E-state index < -0.39 is 0 Å². The number of benzene rings is 1. The molecule has 1 aromatic rings. The zero-order valence-electron chi connectivity index (χ0n) is 12.4. The first-order valence-electron chi connectivity index (χ1n) is 6.79. The van der Waals surface area contributed by atoms with E-state index in [4.69, 9.17) is 0 Å². The normalized spacial score (nSPS) is 13.7. The predicted molar refractivity (Wildman–Crippen MR) is 78.1 cm³/mol. The molecule has 0 heterocycles. The molecular weight excluding hydrogens is 222 g/mol. The Morgan fingerprint density at radius 2 is 1.94 bits per heavy atom. The van der Waals surface area contributed by atoms with Gasteiger partial charge in [-0.15, -0.1) is 0 Å². The number of nitrogens with one attached hydrogen (secondary N) is 1. The van der Waals surface area contributed by atoms with Crippen molar-refractivity contribution in [3.63, 3.8) is 0 Å². The van der Waals surface area contributed by atoms with Crippen LogP contribution < -0.4 is 5.32 Å². The molecule has 0 aromatic heterocycles. The molecule has 1 unspecified atom stereocenters. The standard InChI is InChI=1S/C16H27NO/c1-12-6-7-15(16(3,4)5)10-14(12)8-9-17-11-13(2)18/h6-7,10,13,17-18H,8-9,11H2,1-5H3. The van der Waals surface area contributed by atoms with Crippen molar-refractivity contribution in [1.82, 2.24) is 5.32 Å². The van der Waals surface area contributed by atoms with Gasteiger partial charge < -0.3 is 10.4 Å². The number of aliphatic hydroxyl groups excluding tert-OH is 1. The minimum atomic E-state index is -0.271. The summed E-state index contributed by atoms with van der Waals surface area (Å²) in [6.45, 7) is 12.3. The van der Waals surface area contributed by atoms with Gasteiger partial charge in [0.25, 0.3) is 0 Å². The zero-order valence-corrected chi connectivity index (χ0v) is 12.4. The van der Waals surface area contributed by atoms with Crippen molar-refractivity contribution >= 4 is 0 Å². The number of aliphatic hydroxyl groups is 1. The van der Waals surface area contributed by atoms with E-state index in [0.29, 0.717) is 6.54 Å². The number of aryl methyl sites for hydroxylation is 1. The van der Waals surface area contributed by atoms with Crippen molar-refractivity contribution in [3.05, 3.63) is 34.9 Å². The quantitative estimate of drug-likeness (QED) is 0.787. The van der Waals surface area contributed by atoms with Gasteiger partial charge in [0, 0.05) is 6.54 Å². The minimum Gasteiger partial charge on any atom is -0.392 e. The fourth-order valence-electron chi connectivity index (χ4n) is 1.94. The molecule has 0 radical (unpaired) electrons. The second-order valence-corrected chi connectivity index (χ2v) is 6.19. The van der Waals surface area contributed by atoms with E-state index in [1.807, 2.05) is 0 Å². The number of hydrogen-bond donors (Lipinski definition) is 2. The molecule has 0 aliphatic heterocycles. The van der Waals surface area contributed by atoms with Gasteiger partial charge in [0.2, 0.25) is 0 Å². The van der Waals surface area contributed by atoms with E-state index in [1.54, 1.807) is 6.92 Å². The maximum atomic E-state index is 9.19. The van der Waals surface area contributed by atoms with Crippen LogP contribution in [0.15, 0.2) is 18.2 Å². The lowest BCUT2D eigenvalue weighted by molar-refractivity contribution is 0.191. The van der Waals surface area contributed by atoms with Gasteiger partial charge in [-0.2, -0.15) is 0 Å². The summed E-state index contributed by atoms with van der Waals surface area (Å²) in [5, 5.41) is 12.5. The first kappa shape index (κ1) is 15.2. The van der Waals surface area contributed by atoms with E-state index in [1.165, 1.54) is 16.7 Å². The second-order valence-electron chi connectivity index (χ2n) is 6.19. The van der Waals surface area contributed by atoms with Crippen LogP contribution in [-0.4, -0.2) is 24.3 Å². The molecule has 0 aliphatic carbocycles. The van der Waals surface area contributed by atoms with Crippen LogP contribution in [0.2, 0.25) is 0 Å². The third-order valence-electron chi connectivity index (χ3n) is 3.23. The summed E-state index contributed by atoms with van der Waals surface area (Å²) in [6.07, 6.45) is 0.745. The van der Waals surface area contributed by atoms with E-state index in [9.17, 15) is 5.11 Å². The van der Waals surface area contributed by atoms with E-state index in [0.717, 1.165) is 13.0 Å². The molecule has 0 spiro atoms. The molecule has 18 heavy (non-hydrogen) atoms. The molecule has 1 atom stereocenters. The van der Waals surface area contributed by atoms with Crippen LogP contribution in [0.5, 0.6) is 0 Å². The van der Waals surface area contributed by atoms with Crippen molar-refractivity contribution in [2.24, 2.45) is 0 Å². The van der Waals surface area contributed by atoms with Crippen molar-refractivity contribution in [2.75, 3.05) is 13.1 Å². The molecule has 102 valence electrons. The number of rotatable bonds is 5. The molecule has 1 aromatic carbocycles. The van der Waals surface area contributed by atoms with Crippen LogP contribution in [-0.2, 0) is 11.8 Å². The lowest BCUT2D eigenvalue weighted by atomic mass is 9.85. The summed E-state index contributed by atoms with van der Waals surface area (Å²) < 4.78 is 0. The van der Waals surface area contributed by atoms with Crippen molar-refractivity contribution < 1.29 is 5.11 Å². The van der Waals surface area contributed by atoms with Gasteiger partial charge in [0.1, 0.15) is 0 Å². The molecular formula is C16H27NO. The van der Waals surface area contributed by atoms with Crippen molar-refractivity contribution in [1.29, 1.82) is 0 Å². The fourth-order valence-corrected chi connectivity index (χ4v) is 1.94. The van der Waals surface area contributed by atoms with Gasteiger partial charge in [-0.1, -0.05) is 39.0 Å². The fraction of sp³-hybridized carbons (Fsp3) is 0.625. The van der Waals surface area contributed by atoms with Crippen LogP contribution >= 0.6 is 0 Å². The van der Waals surface area contributed by atoms with Gasteiger partial charge in [-0.05, 0) is 48.9 Å². The second kappa shape index (κ2) is 6.35. The van der Waals surface area contributed by atoms with E-state index in [2.05, 4.69) is 51.2 Å². The van der Waals surface area contributed by atoms with Crippen LogP contribution in [0.4, 0.5) is 0 Å². The molecule has 0 fully saturated rings. The van der Waals surface area contributed by atoms with E-state index in [-0.39, 0.29) is 11.5 Å². The average molecular weight is 249 g/mol. The minimum absolute atomic E-state index is 0.204. The molecule has 2 N–H and O–H groups in total. The predicted octanol–water partition coefficient (Wildman–Crippen LogP) is 2.81. The highest BCUT2D eigenvalue weighted by molar-refractivity contribution is 5.34. The Morgan fingerprint density at radius 1 is 1.28 bits per heavy atom. The Hall–Kier alpha value is -0.860. The first-order valence-corrected chi connectivity index (χ1v) is 6.79. The van der Waals surface area contributed by atoms with Gasteiger partial charge in [0.05, 0.1) is 6.10 Å². The molecule has 0 saturated heterocycles. The average Bonchev–Trinajstić information content (AvgIpc) is 2.24. The lowest BCUT2D eigenvalue weighted by Gasteiger charge is -2.21. The number of hydrogen-bond acceptors (Lipinski definition) is 2. The Bertz CT molecular complexity index is 377.